The lowest BCUT2D eigenvalue weighted by Crippen LogP contribution is -2.61. The van der Waals surface area contributed by atoms with Crippen LogP contribution in [0.1, 0.15) is 92.4 Å². The monoisotopic (exact) mass is 972 g/mol. The van der Waals surface area contributed by atoms with E-state index in [4.69, 9.17) is 16.6 Å². The maximum absolute atomic E-state index is 14.1. The van der Waals surface area contributed by atoms with Gasteiger partial charge in [0.1, 0.15) is 48.8 Å². The number of carboxylic acids is 4. The molecule has 1 rings (SSSR count). The highest BCUT2D eigenvalue weighted by Crippen LogP contribution is 2.21. The summed E-state index contributed by atoms with van der Waals surface area (Å²) in [6.07, 6.45) is -5.92. The number of aliphatic hydroxyl groups excluding tert-OH is 1. The molecule has 0 aromatic heterocycles. The second-order valence-corrected chi connectivity index (χ2v) is 17.0. The quantitative estimate of drug-likeness (QED) is 0.0319. The Morgan fingerprint density at radius 1 is 0.574 bits per heavy atom. The fraction of sp³-hybridized carbons (Fsp3) is 0.675. The fourth-order valence-corrected chi connectivity index (χ4v) is 6.82. The molecule has 0 aromatic carbocycles. The van der Waals surface area contributed by atoms with E-state index in [-0.39, 0.29) is 44.1 Å². The summed E-state index contributed by atoms with van der Waals surface area (Å²) >= 11 is 0. The lowest BCUT2D eigenvalue weighted by atomic mass is 10.0. The van der Waals surface area contributed by atoms with Crippen LogP contribution in [0.25, 0.3) is 0 Å². The van der Waals surface area contributed by atoms with E-state index < -0.39 is 170 Å². The molecule has 0 saturated carbocycles. The van der Waals surface area contributed by atoms with Gasteiger partial charge in [0.25, 0.3) is 0 Å². The van der Waals surface area contributed by atoms with Crippen molar-refractivity contribution in [2.24, 2.45) is 23.3 Å². The first-order valence-corrected chi connectivity index (χ1v) is 21.5. The lowest BCUT2D eigenvalue weighted by Gasteiger charge is -2.31. The minimum Gasteiger partial charge on any atom is -0.481 e. The van der Waals surface area contributed by atoms with E-state index in [0.717, 1.165) is 11.8 Å². The lowest BCUT2D eigenvalue weighted by molar-refractivity contribution is -0.144. The minimum atomic E-state index is -2.09. The number of aliphatic carboxylic acids is 4. The Morgan fingerprint density at radius 3 is 1.53 bits per heavy atom. The highest BCUT2D eigenvalue weighted by Gasteiger charge is 2.41. The summed E-state index contributed by atoms with van der Waals surface area (Å²) in [7, 11) is 0. The summed E-state index contributed by atoms with van der Waals surface area (Å²) in [5.74, 6) is -16.6. The minimum absolute atomic E-state index is 0.00550. The van der Waals surface area contributed by atoms with Crippen LogP contribution in [-0.2, 0) is 62.3 Å². The number of primary amides is 1. The van der Waals surface area contributed by atoms with E-state index >= 15 is 0 Å². The second kappa shape index (κ2) is 28.3. The van der Waals surface area contributed by atoms with Gasteiger partial charge in [-0.15, -0.1) is 0 Å². The van der Waals surface area contributed by atoms with Crippen LogP contribution < -0.4 is 48.7 Å². The normalized spacial score (nSPS) is 16.8. The van der Waals surface area contributed by atoms with Crippen molar-refractivity contribution in [3.8, 4) is 0 Å². The van der Waals surface area contributed by atoms with Crippen molar-refractivity contribution in [2.75, 3.05) is 13.1 Å². The zero-order valence-corrected chi connectivity index (χ0v) is 38.3. The Morgan fingerprint density at radius 2 is 1.06 bits per heavy atom. The first-order valence-electron chi connectivity index (χ1n) is 21.5. The van der Waals surface area contributed by atoms with Gasteiger partial charge in [-0.25, -0.2) is 0 Å². The average Bonchev–Trinajstić information content (AvgIpc) is 3.71. The van der Waals surface area contributed by atoms with Crippen LogP contribution in [0.2, 0.25) is 0 Å². The standard InChI is InChI=1S/C40H64N10O18/c1-17(2)11-20(41)33(61)45-23(14-29(55)56)36(64)46-24(15-30(57)58)35(63)44-21(8-9-28(53)54)34(62)48-25(13-27(42)52)40(68)50-10-6-7-26(50)38(66)47-22(12-18(3)4)37(65)49-32(19(5)51)39(67)43-16-31(59)60/h17-26,32,51H,6-16,41H2,1-5H3,(H2,42,52)(H,43,67)(H,44,63)(H,45,61)(H,46,64)(H,47,66)(H,48,62)(H,49,65)(H,53,54)(H,55,56)(H,57,58)(H,59,60)/t19-,20+,21+,22+,23+,24+,25+,26+,32+/m1/s1. The van der Waals surface area contributed by atoms with Crippen molar-refractivity contribution < 1.29 is 87.9 Å². The molecule has 0 aliphatic carbocycles. The highest BCUT2D eigenvalue weighted by atomic mass is 16.4. The molecule has 0 unspecified atom stereocenters. The Labute approximate surface area is 389 Å². The Bertz CT molecular complexity index is 1890. The van der Waals surface area contributed by atoms with Crippen molar-refractivity contribution in [3.05, 3.63) is 0 Å². The van der Waals surface area contributed by atoms with Gasteiger partial charge in [0.2, 0.25) is 53.2 Å². The molecule has 1 heterocycles. The van der Waals surface area contributed by atoms with Crippen molar-refractivity contribution in [1.29, 1.82) is 0 Å². The van der Waals surface area contributed by atoms with E-state index in [1.165, 1.54) is 0 Å². The number of amides is 9. The number of carbonyl (C=O) groups excluding carboxylic acids is 9. The number of nitrogens with one attached hydrogen (secondary N) is 7. The van der Waals surface area contributed by atoms with Crippen molar-refractivity contribution >= 4 is 77.0 Å². The van der Waals surface area contributed by atoms with E-state index in [9.17, 15) is 82.8 Å². The van der Waals surface area contributed by atoms with Gasteiger partial charge in [-0.3, -0.25) is 62.3 Å². The molecule has 16 N–H and O–H groups in total. The van der Waals surface area contributed by atoms with Gasteiger partial charge < -0.3 is 79.1 Å². The molecule has 0 bridgehead atoms. The summed E-state index contributed by atoms with van der Waals surface area (Å²) in [5, 5.41) is 62.7. The van der Waals surface area contributed by atoms with Crippen molar-refractivity contribution in [3.63, 3.8) is 0 Å². The maximum Gasteiger partial charge on any atom is 0.322 e. The molecule has 1 aliphatic rings. The van der Waals surface area contributed by atoms with Gasteiger partial charge in [0.15, 0.2) is 0 Å². The second-order valence-electron chi connectivity index (χ2n) is 17.0. The third-order valence-electron chi connectivity index (χ3n) is 10.0. The molecule has 1 aliphatic heterocycles. The van der Waals surface area contributed by atoms with Gasteiger partial charge in [-0.1, -0.05) is 27.7 Å². The number of likely N-dealkylation sites (tertiary alicyclic amines) is 1. The number of nitrogens with zero attached hydrogens (tertiary/aromatic N) is 1. The number of hydrogen-bond donors (Lipinski definition) is 14. The molecule has 9 amide bonds. The summed E-state index contributed by atoms with van der Waals surface area (Å²) < 4.78 is 0. The van der Waals surface area contributed by atoms with Crippen molar-refractivity contribution in [1.82, 2.24) is 42.1 Å². The molecule has 0 aromatic rings. The van der Waals surface area contributed by atoms with Crippen LogP contribution in [-0.4, -0.2) is 175 Å². The van der Waals surface area contributed by atoms with E-state index in [1.807, 2.05) is 10.6 Å². The number of carbonyl (C=O) groups is 13. The first-order chi connectivity index (χ1) is 31.5. The summed E-state index contributed by atoms with van der Waals surface area (Å²) in [6, 6.07) is -13.3. The molecule has 0 radical (unpaired) electrons. The SMILES string of the molecule is CC(C)C[C@H](NC(=O)[C@@H]1CCCN1C(=O)[C@H](CC(N)=O)NC(=O)[C@H](CCC(=O)O)NC(=O)[C@H](CC(=O)O)NC(=O)[C@H](CC(=O)O)NC(=O)[C@@H](N)CC(C)C)C(=O)N[C@H](C(=O)NCC(=O)O)[C@@H](C)O. The smallest absolute Gasteiger partial charge is 0.322 e. The number of hydrogen-bond acceptors (Lipinski definition) is 15. The topological polar surface area (TPSA) is 463 Å². The molecule has 1 saturated heterocycles. The Kier molecular flexibility index (Phi) is 24.5. The maximum atomic E-state index is 14.1. The van der Waals surface area contributed by atoms with E-state index in [1.54, 1.807) is 27.7 Å². The van der Waals surface area contributed by atoms with Crippen LogP contribution in [0.5, 0.6) is 0 Å². The number of aliphatic hydroxyl groups is 1. The van der Waals surface area contributed by atoms with Crippen LogP contribution >= 0.6 is 0 Å². The number of rotatable bonds is 30. The third kappa shape index (κ3) is 21.1. The van der Waals surface area contributed by atoms with Crippen LogP contribution in [0.4, 0.5) is 0 Å². The molecule has 1 fully saturated rings. The van der Waals surface area contributed by atoms with Crippen LogP contribution in [0.15, 0.2) is 0 Å². The van der Waals surface area contributed by atoms with E-state index in [0.29, 0.717) is 0 Å². The first kappa shape index (κ1) is 59.0. The number of carboxylic acid groups (broad SMARTS) is 4. The predicted octanol–water partition coefficient (Wildman–Crippen LogP) is -5.42. The van der Waals surface area contributed by atoms with Gasteiger partial charge in [0.05, 0.1) is 31.4 Å². The molecule has 28 heteroatoms. The molecule has 0 spiro atoms. The van der Waals surface area contributed by atoms with E-state index in [2.05, 4.69) is 26.6 Å². The predicted molar refractivity (Wildman–Crippen MR) is 231 cm³/mol. The Hall–Kier alpha value is -6.97. The number of nitrogens with two attached hydrogens (primary N) is 2. The molecular weight excluding hydrogens is 908 g/mol. The fourth-order valence-electron chi connectivity index (χ4n) is 6.82. The van der Waals surface area contributed by atoms with Gasteiger partial charge in [-0.05, 0) is 50.9 Å². The largest absolute Gasteiger partial charge is 0.481 e. The molecular formula is C40H64N10O18. The van der Waals surface area contributed by atoms with Crippen LogP contribution in [0, 0.1) is 11.8 Å². The highest BCUT2D eigenvalue weighted by molar-refractivity contribution is 6.00. The van der Waals surface area contributed by atoms with Gasteiger partial charge in [-0.2, -0.15) is 0 Å². The molecule has 9 atom stereocenters. The zero-order chi connectivity index (χ0) is 52.2. The molecule has 68 heavy (non-hydrogen) atoms. The van der Waals surface area contributed by atoms with Crippen LogP contribution in [0.3, 0.4) is 0 Å². The summed E-state index contributed by atoms with van der Waals surface area (Å²) in [4.78, 5) is 166. The molecule has 382 valence electrons. The van der Waals surface area contributed by atoms with Gasteiger partial charge in [0, 0.05) is 13.0 Å². The summed E-state index contributed by atoms with van der Waals surface area (Å²) in [5.41, 5.74) is 11.2. The zero-order valence-electron chi connectivity index (χ0n) is 38.3. The molecule has 28 nitrogen and oxygen atoms in total. The Balaban J connectivity index is 3.43. The third-order valence-corrected chi connectivity index (χ3v) is 10.0. The average molecular weight is 973 g/mol. The van der Waals surface area contributed by atoms with Gasteiger partial charge >= 0.3 is 23.9 Å². The van der Waals surface area contributed by atoms with Crippen molar-refractivity contribution in [2.45, 2.75) is 147 Å². The summed E-state index contributed by atoms with van der Waals surface area (Å²) in [6.45, 7) is 7.06.